The zero-order chi connectivity index (χ0) is 13.5. The van der Waals surface area contributed by atoms with Crippen molar-refractivity contribution in [2.24, 2.45) is 5.92 Å². The number of halogens is 1. The summed E-state index contributed by atoms with van der Waals surface area (Å²) in [5, 5.41) is 5.41. The van der Waals surface area contributed by atoms with Crippen LogP contribution >= 0.6 is 0 Å². The first-order valence-electron chi connectivity index (χ1n) is 6.69. The maximum atomic E-state index is 12.7. The molecule has 2 rings (SSSR count). The number of carbonyl (C=O) groups excluding carboxylic acids is 1. The molecule has 2 N–H and O–H groups in total. The maximum Gasteiger partial charge on any atom is 0.319 e. The molecule has 0 spiro atoms. The minimum absolute atomic E-state index is 0.237. The molecule has 102 valence electrons. The summed E-state index contributed by atoms with van der Waals surface area (Å²) in [6.07, 6.45) is 8.78. The second-order valence-electron chi connectivity index (χ2n) is 4.86. The zero-order valence-electron chi connectivity index (χ0n) is 10.9. The van der Waals surface area contributed by atoms with Gasteiger partial charge in [0.1, 0.15) is 5.82 Å². The summed E-state index contributed by atoms with van der Waals surface area (Å²) in [6, 6.07) is 5.84. The molecule has 1 aliphatic rings. The Kier molecular flexibility index (Phi) is 4.95. The van der Waals surface area contributed by atoms with Gasteiger partial charge in [-0.1, -0.05) is 31.1 Å². The second kappa shape index (κ2) is 6.92. The van der Waals surface area contributed by atoms with Crippen LogP contribution in [0.25, 0.3) is 0 Å². The minimum Gasteiger partial charge on any atom is -0.334 e. The van der Waals surface area contributed by atoms with Crippen LogP contribution in [0.2, 0.25) is 0 Å². The molecular weight excluding hydrogens is 243 g/mol. The highest BCUT2D eigenvalue weighted by Gasteiger charge is 2.11. The molecule has 1 aromatic carbocycles. The summed E-state index contributed by atoms with van der Waals surface area (Å²) in [6.45, 7) is 0.392. The molecule has 0 radical (unpaired) electrons. The van der Waals surface area contributed by atoms with Gasteiger partial charge >= 0.3 is 6.03 Å². The van der Waals surface area contributed by atoms with Gasteiger partial charge < -0.3 is 10.6 Å². The van der Waals surface area contributed by atoms with Crippen molar-refractivity contribution in [2.45, 2.75) is 32.2 Å². The second-order valence-corrected chi connectivity index (χ2v) is 4.86. The van der Waals surface area contributed by atoms with Crippen LogP contribution < -0.4 is 10.6 Å². The summed E-state index contributed by atoms with van der Waals surface area (Å²) in [5.41, 5.74) is 0.872. The van der Waals surface area contributed by atoms with Crippen LogP contribution in [-0.4, -0.2) is 6.03 Å². The van der Waals surface area contributed by atoms with E-state index >= 15 is 0 Å². The molecule has 0 unspecified atom stereocenters. The minimum atomic E-state index is -0.271. The van der Waals surface area contributed by atoms with Crippen LogP contribution in [0.15, 0.2) is 36.5 Å². The summed E-state index contributed by atoms with van der Waals surface area (Å²) in [7, 11) is 0. The van der Waals surface area contributed by atoms with E-state index in [-0.39, 0.29) is 11.8 Å². The average Bonchev–Trinajstić information content (AvgIpc) is 2.91. The number of amides is 2. The molecule has 0 aliphatic heterocycles. The first-order valence-corrected chi connectivity index (χ1v) is 6.69. The highest BCUT2D eigenvalue weighted by atomic mass is 19.1. The van der Waals surface area contributed by atoms with Gasteiger partial charge in [0.05, 0.1) is 0 Å². The van der Waals surface area contributed by atoms with Crippen molar-refractivity contribution in [3.63, 3.8) is 0 Å². The predicted molar refractivity (Wildman–Crippen MR) is 72.9 cm³/mol. The van der Waals surface area contributed by atoms with Gasteiger partial charge in [0.2, 0.25) is 0 Å². The molecule has 0 bridgehead atoms. The smallest absolute Gasteiger partial charge is 0.319 e. The van der Waals surface area contributed by atoms with E-state index in [0.717, 1.165) is 5.56 Å². The molecule has 0 aromatic heterocycles. The van der Waals surface area contributed by atoms with Crippen molar-refractivity contribution in [2.75, 3.05) is 0 Å². The molecule has 2 amide bonds. The van der Waals surface area contributed by atoms with Crippen molar-refractivity contribution >= 4 is 6.03 Å². The van der Waals surface area contributed by atoms with Crippen LogP contribution in [0, 0.1) is 11.7 Å². The molecule has 1 aromatic rings. The summed E-state index contributed by atoms with van der Waals surface area (Å²) in [4.78, 5) is 11.5. The van der Waals surface area contributed by atoms with E-state index in [0.29, 0.717) is 12.5 Å². The van der Waals surface area contributed by atoms with Gasteiger partial charge in [-0.05, 0) is 36.5 Å². The van der Waals surface area contributed by atoms with Crippen LogP contribution in [0.1, 0.15) is 31.2 Å². The Morgan fingerprint density at radius 2 is 1.95 bits per heavy atom. The Morgan fingerprint density at radius 3 is 2.63 bits per heavy atom. The molecule has 3 nitrogen and oxygen atoms in total. The number of benzene rings is 1. The largest absolute Gasteiger partial charge is 0.334 e. The fraction of sp³-hybridized carbons (Fsp3) is 0.400. The van der Waals surface area contributed by atoms with Gasteiger partial charge in [-0.2, -0.15) is 0 Å². The molecule has 19 heavy (non-hydrogen) atoms. The van der Waals surface area contributed by atoms with E-state index in [1.165, 1.54) is 37.8 Å². The monoisotopic (exact) mass is 262 g/mol. The Labute approximate surface area is 112 Å². The number of nitrogens with one attached hydrogen (secondary N) is 2. The molecule has 1 fully saturated rings. The first kappa shape index (κ1) is 13.6. The normalized spacial score (nSPS) is 15.8. The maximum absolute atomic E-state index is 12.7. The average molecular weight is 262 g/mol. The Balaban J connectivity index is 1.68. The molecule has 1 aliphatic carbocycles. The molecule has 0 saturated heterocycles. The van der Waals surface area contributed by atoms with E-state index in [9.17, 15) is 9.18 Å². The Morgan fingerprint density at radius 1 is 1.26 bits per heavy atom. The number of hydrogen-bond acceptors (Lipinski definition) is 1. The summed E-state index contributed by atoms with van der Waals surface area (Å²) in [5.74, 6) is 0.338. The standard InChI is InChI=1S/C15H19FN2O/c16-14-7-5-13(6-8-14)11-18-15(19)17-10-9-12-3-1-2-4-12/h5-10,12H,1-4,11H2,(H2,17,18,19)/b10-9+. The number of hydrogen-bond donors (Lipinski definition) is 2. The van der Waals surface area contributed by atoms with E-state index in [1.54, 1.807) is 18.3 Å². The number of rotatable bonds is 4. The van der Waals surface area contributed by atoms with Crippen LogP contribution in [0.3, 0.4) is 0 Å². The van der Waals surface area contributed by atoms with Crippen LogP contribution in [-0.2, 0) is 6.54 Å². The fourth-order valence-corrected chi connectivity index (χ4v) is 2.25. The van der Waals surface area contributed by atoms with E-state index in [4.69, 9.17) is 0 Å². The third-order valence-corrected chi connectivity index (χ3v) is 3.35. The van der Waals surface area contributed by atoms with Crippen molar-refractivity contribution < 1.29 is 9.18 Å². The Hall–Kier alpha value is -1.84. The summed E-state index contributed by atoms with van der Waals surface area (Å²) < 4.78 is 12.7. The van der Waals surface area contributed by atoms with Gasteiger partial charge in [0, 0.05) is 12.7 Å². The molecule has 0 heterocycles. The lowest BCUT2D eigenvalue weighted by molar-refractivity contribution is 0.243. The third-order valence-electron chi connectivity index (χ3n) is 3.35. The van der Waals surface area contributed by atoms with E-state index < -0.39 is 0 Å². The number of urea groups is 1. The van der Waals surface area contributed by atoms with Gasteiger partial charge in [-0.15, -0.1) is 0 Å². The van der Waals surface area contributed by atoms with Crippen molar-refractivity contribution in [1.82, 2.24) is 10.6 Å². The zero-order valence-corrected chi connectivity index (χ0v) is 10.9. The van der Waals surface area contributed by atoms with Crippen molar-refractivity contribution in [3.8, 4) is 0 Å². The van der Waals surface area contributed by atoms with Crippen molar-refractivity contribution in [1.29, 1.82) is 0 Å². The van der Waals surface area contributed by atoms with Crippen LogP contribution in [0.4, 0.5) is 9.18 Å². The van der Waals surface area contributed by atoms with Gasteiger partial charge in [0.15, 0.2) is 0 Å². The highest BCUT2D eigenvalue weighted by Crippen LogP contribution is 2.25. The molecule has 4 heteroatoms. The molecular formula is C15H19FN2O. The third kappa shape index (κ3) is 4.73. The summed E-state index contributed by atoms with van der Waals surface area (Å²) >= 11 is 0. The SMILES string of the molecule is O=C(N/C=C/C1CCCC1)NCc1ccc(F)cc1. The molecule has 0 atom stereocenters. The van der Waals surface area contributed by atoms with Gasteiger partial charge in [-0.3, -0.25) is 0 Å². The first-order chi connectivity index (χ1) is 9.24. The Bertz CT molecular complexity index is 436. The lowest BCUT2D eigenvalue weighted by atomic mass is 10.1. The highest BCUT2D eigenvalue weighted by molar-refractivity contribution is 5.74. The predicted octanol–water partition coefficient (Wildman–Crippen LogP) is 3.33. The lowest BCUT2D eigenvalue weighted by Crippen LogP contribution is -2.31. The fourth-order valence-electron chi connectivity index (χ4n) is 2.25. The van der Waals surface area contributed by atoms with E-state index in [2.05, 4.69) is 16.7 Å². The quantitative estimate of drug-likeness (QED) is 0.858. The van der Waals surface area contributed by atoms with Crippen molar-refractivity contribution in [3.05, 3.63) is 47.9 Å². The topological polar surface area (TPSA) is 41.1 Å². The van der Waals surface area contributed by atoms with Crippen LogP contribution in [0.5, 0.6) is 0 Å². The van der Waals surface area contributed by atoms with E-state index in [1.807, 2.05) is 0 Å². The lowest BCUT2D eigenvalue weighted by Gasteiger charge is -2.05. The number of allylic oxidation sites excluding steroid dienone is 1. The van der Waals surface area contributed by atoms with Gasteiger partial charge in [-0.25, -0.2) is 9.18 Å². The number of carbonyl (C=O) groups is 1. The molecule has 1 saturated carbocycles. The van der Waals surface area contributed by atoms with Gasteiger partial charge in [0.25, 0.3) is 0 Å².